The first-order chi connectivity index (χ1) is 19.9. The molecule has 0 saturated carbocycles. The van der Waals surface area contributed by atoms with Crippen LogP contribution in [0.1, 0.15) is 34.7 Å². The van der Waals surface area contributed by atoms with E-state index in [1.54, 1.807) is 6.21 Å². The lowest BCUT2D eigenvalue weighted by Crippen LogP contribution is -2.00. The molecule has 6 heteroatoms. The number of hydrogen-bond donors (Lipinski definition) is 0. The number of hydrogen-bond acceptors (Lipinski definition) is 5. The summed E-state index contributed by atoms with van der Waals surface area (Å²) in [5.74, 6) is 2.14. The maximum absolute atomic E-state index is 10.2. The number of nitriles is 1. The van der Waals surface area contributed by atoms with Gasteiger partial charge < -0.3 is 13.9 Å². The predicted octanol–water partition coefficient (Wildman–Crippen LogP) is 9.59. The molecule has 0 fully saturated rings. The molecule has 1 heterocycles. The highest BCUT2D eigenvalue weighted by atomic mass is 79.9. The molecule has 1 aromatic heterocycles. The van der Waals surface area contributed by atoms with Gasteiger partial charge in [0.15, 0.2) is 11.5 Å². The molecule has 0 unspecified atom stereocenters. The molecule has 204 valence electrons. The Labute approximate surface area is 248 Å². The fourth-order valence-electron chi connectivity index (χ4n) is 4.39. The Kier molecular flexibility index (Phi) is 8.67. The molecule has 5 aromatic rings. The number of aliphatic imine (C=N–C) groups is 1. The summed E-state index contributed by atoms with van der Waals surface area (Å²) >= 11 is 3.46. The minimum Gasteiger partial charge on any atom is -0.490 e. The molecule has 41 heavy (non-hydrogen) atoms. The number of benzene rings is 4. The number of halogens is 1. The van der Waals surface area contributed by atoms with Gasteiger partial charge in [0.05, 0.1) is 6.61 Å². The molecule has 5 rings (SSSR count). The highest BCUT2D eigenvalue weighted by Crippen LogP contribution is 2.42. The molecule has 0 amide bonds. The zero-order valence-corrected chi connectivity index (χ0v) is 24.7. The van der Waals surface area contributed by atoms with E-state index in [1.807, 2.05) is 112 Å². The molecule has 0 aliphatic heterocycles. The van der Waals surface area contributed by atoms with Gasteiger partial charge in [-0.25, -0.2) is 4.99 Å². The summed E-state index contributed by atoms with van der Waals surface area (Å²) in [5, 5.41) is 10.2. The Morgan fingerprint density at radius 3 is 2.12 bits per heavy atom. The topological polar surface area (TPSA) is 67.8 Å². The van der Waals surface area contributed by atoms with Gasteiger partial charge in [-0.05, 0) is 67.8 Å². The van der Waals surface area contributed by atoms with Crippen molar-refractivity contribution in [1.29, 1.82) is 5.26 Å². The second-order valence-corrected chi connectivity index (χ2v) is 10.6. The summed E-state index contributed by atoms with van der Waals surface area (Å²) in [6.07, 6.45) is 1.68. The van der Waals surface area contributed by atoms with Crippen molar-refractivity contribution in [3.8, 4) is 40.0 Å². The van der Waals surface area contributed by atoms with Crippen LogP contribution in [-0.2, 0) is 6.61 Å². The average molecular weight is 606 g/mol. The highest BCUT2D eigenvalue weighted by Gasteiger charge is 2.23. The van der Waals surface area contributed by atoms with Gasteiger partial charge in [-0.2, -0.15) is 5.26 Å². The van der Waals surface area contributed by atoms with E-state index in [9.17, 15) is 5.26 Å². The summed E-state index contributed by atoms with van der Waals surface area (Å²) in [6.45, 7) is 6.92. The molecule has 0 saturated heterocycles. The summed E-state index contributed by atoms with van der Waals surface area (Å²) in [6, 6.07) is 32.1. The summed E-state index contributed by atoms with van der Waals surface area (Å²) in [5.41, 5.74) is 7.03. The Bertz CT molecular complexity index is 1710. The largest absolute Gasteiger partial charge is 0.490 e. The van der Waals surface area contributed by atoms with Crippen molar-refractivity contribution in [1.82, 2.24) is 0 Å². The average Bonchev–Trinajstić information content (AvgIpc) is 3.36. The minimum absolute atomic E-state index is 0.257. The fourth-order valence-corrected chi connectivity index (χ4v) is 4.65. The quantitative estimate of drug-likeness (QED) is 0.157. The van der Waals surface area contributed by atoms with Gasteiger partial charge in [0.25, 0.3) is 0 Å². The van der Waals surface area contributed by atoms with Gasteiger partial charge in [0.2, 0.25) is 5.88 Å². The molecule has 0 atom stereocenters. The normalized spacial score (nSPS) is 11.0. The van der Waals surface area contributed by atoms with Crippen molar-refractivity contribution in [2.45, 2.75) is 27.4 Å². The van der Waals surface area contributed by atoms with Gasteiger partial charge in [0.1, 0.15) is 24.0 Å². The van der Waals surface area contributed by atoms with Crippen LogP contribution in [0, 0.1) is 25.2 Å². The van der Waals surface area contributed by atoms with Gasteiger partial charge in [-0.15, -0.1) is 0 Å². The molecule has 0 aliphatic rings. The van der Waals surface area contributed by atoms with Crippen LogP contribution in [0.4, 0.5) is 5.88 Å². The van der Waals surface area contributed by atoms with Crippen molar-refractivity contribution < 1.29 is 13.9 Å². The van der Waals surface area contributed by atoms with E-state index in [2.05, 4.69) is 27.0 Å². The second kappa shape index (κ2) is 12.7. The first-order valence-corrected chi connectivity index (χ1v) is 14.1. The van der Waals surface area contributed by atoms with Crippen LogP contribution in [0.15, 0.2) is 105 Å². The van der Waals surface area contributed by atoms with Crippen molar-refractivity contribution in [2.24, 2.45) is 4.99 Å². The van der Waals surface area contributed by atoms with Crippen LogP contribution >= 0.6 is 15.9 Å². The maximum atomic E-state index is 10.2. The number of nitrogens with zero attached hydrogens (tertiary/aromatic N) is 2. The monoisotopic (exact) mass is 604 g/mol. The summed E-state index contributed by atoms with van der Waals surface area (Å²) in [4.78, 5) is 4.63. The van der Waals surface area contributed by atoms with Crippen molar-refractivity contribution in [3.63, 3.8) is 0 Å². The molecule has 4 aromatic carbocycles. The lowest BCUT2D eigenvalue weighted by atomic mass is 9.97. The lowest BCUT2D eigenvalue weighted by Gasteiger charge is -2.12. The standard InChI is InChI=1S/C35H29BrN2O3/c1-4-39-32-19-26(11-18-31(32)40-22-25-9-16-29(36)17-10-25)21-38-35-30(20-37)33(27-12-5-23(2)6-13-27)34(41-35)28-14-7-24(3)8-15-28/h5-19,21H,4,22H2,1-3H3. The van der Waals surface area contributed by atoms with Gasteiger partial charge in [0, 0.05) is 21.8 Å². The molecule has 0 aliphatic carbocycles. The van der Waals surface area contributed by atoms with E-state index in [4.69, 9.17) is 13.9 Å². The van der Waals surface area contributed by atoms with E-state index < -0.39 is 0 Å². The maximum Gasteiger partial charge on any atom is 0.238 e. The minimum atomic E-state index is 0.257. The first-order valence-electron chi connectivity index (χ1n) is 13.3. The van der Waals surface area contributed by atoms with Gasteiger partial charge in [-0.1, -0.05) is 87.7 Å². The molecule has 0 N–H and O–H groups in total. The SMILES string of the molecule is CCOc1cc(C=Nc2oc(-c3ccc(C)cc3)c(-c3ccc(C)cc3)c2C#N)ccc1OCc1ccc(Br)cc1. The van der Waals surface area contributed by atoms with Crippen LogP contribution in [0.5, 0.6) is 11.5 Å². The molecule has 0 bridgehead atoms. The first kappa shape index (κ1) is 27.9. The lowest BCUT2D eigenvalue weighted by molar-refractivity contribution is 0.269. The third-order valence-corrected chi connectivity index (χ3v) is 7.09. The summed E-state index contributed by atoms with van der Waals surface area (Å²) < 4.78 is 19.2. The third kappa shape index (κ3) is 6.59. The summed E-state index contributed by atoms with van der Waals surface area (Å²) in [7, 11) is 0. The second-order valence-electron chi connectivity index (χ2n) is 9.64. The number of ether oxygens (including phenoxy) is 2. The van der Waals surface area contributed by atoms with Crippen LogP contribution in [0.25, 0.3) is 22.5 Å². The zero-order chi connectivity index (χ0) is 28.8. The van der Waals surface area contributed by atoms with Crippen LogP contribution in [0.3, 0.4) is 0 Å². The molecular weight excluding hydrogens is 576 g/mol. The number of rotatable bonds is 9. The Hall–Kier alpha value is -4.60. The number of aryl methyl sites for hydroxylation is 2. The Morgan fingerprint density at radius 1 is 0.829 bits per heavy atom. The molecular formula is C35H29BrN2O3. The van der Waals surface area contributed by atoms with Crippen molar-refractivity contribution in [2.75, 3.05) is 6.61 Å². The highest BCUT2D eigenvalue weighted by molar-refractivity contribution is 9.10. The van der Waals surface area contributed by atoms with Crippen LogP contribution in [0.2, 0.25) is 0 Å². The van der Waals surface area contributed by atoms with Gasteiger partial charge in [-0.3, -0.25) is 0 Å². The van der Waals surface area contributed by atoms with Crippen LogP contribution < -0.4 is 9.47 Å². The molecule has 0 radical (unpaired) electrons. The fraction of sp³-hybridized carbons (Fsp3) is 0.143. The molecule has 0 spiro atoms. The van der Waals surface area contributed by atoms with Gasteiger partial charge >= 0.3 is 0 Å². The smallest absolute Gasteiger partial charge is 0.238 e. The van der Waals surface area contributed by atoms with E-state index >= 15 is 0 Å². The Morgan fingerprint density at radius 2 is 1.49 bits per heavy atom. The van der Waals surface area contributed by atoms with E-state index in [0.717, 1.165) is 43.4 Å². The number of furan rings is 1. The van der Waals surface area contributed by atoms with Crippen molar-refractivity contribution in [3.05, 3.63) is 123 Å². The third-order valence-electron chi connectivity index (χ3n) is 6.56. The predicted molar refractivity (Wildman–Crippen MR) is 167 cm³/mol. The Balaban J connectivity index is 1.48. The van der Waals surface area contributed by atoms with E-state index in [1.165, 1.54) is 0 Å². The molecule has 5 nitrogen and oxygen atoms in total. The zero-order valence-electron chi connectivity index (χ0n) is 23.1. The van der Waals surface area contributed by atoms with Crippen molar-refractivity contribution >= 4 is 28.0 Å². The van der Waals surface area contributed by atoms with Crippen LogP contribution in [-0.4, -0.2) is 12.8 Å². The van der Waals surface area contributed by atoms with E-state index in [0.29, 0.717) is 36.0 Å². The van der Waals surface area contributed by atoms with E-state index in [-0.39, 0.29) is 5.88 Å².